The van der Waals surface area contributed by atoms with Crippen LogP contribution in [0.5, 0.6) is 0 Å². The number of nitrogens with zero attached hydrogens (tertiary/aromatic N) is 2. The van der Waals surface area contributed by atoms with Gasteiger partial charge in [-0.25, -0.2) is 8.42 Å². The van der Waals surface area contributed by atoms with Gasteiger partial charge in [-0.15, -0.1) is 10.2 Å². The molecule has 2 aromatic carbocycles. The lowest BCUT2D eigenvalue weighted by Gasteiger charge is -2.08. The predicted octanol–water partition coefficient (Wildman–Crippen LogP) is 2.62. The van der Waals surface area contributed by atoms with Crippen LogP contribution in [0.1, 0.15) is 12.5 Å². The number of sulfonamides is 1. The van der Waals surface area contributed by atoms with Gasteiger partial charge in [0.1, 0.15) is 6.54 Å². The Labute approximate surface area is 195 Å². The highest BCUT2D eigenvalue weighted by Crippen LogP contribution is 2.25. The molecule has 0 aliphatic carbocycles. The second-order valence-electron chi connectivity index (χ2n) is 6.74. The van der Waals surface area contributed by atoms with Crippen molar-refractivity contribution >= 4 is 39.3 Å². The van der Waals surface area contributed by atoms with Crippen LogP contribution < -0.4 is 10.0 Å². The van der Waals surface area contributed by atoms with E-state index in [4.69, 9.17) is 9.15 Å². The van der Waals surface area contributed by atoms with E-state index in [-0.39, 0.29) is 40.8 Å². The Balaban J connectivity index is 1.55. The molecular weight excluding hydrogens is 468 g/mol. The number of nitrogens with one attached hydrogen (secondary N) is 2. The summed E-state index contributed by atoms with van der Waals surface area (Å²) in [4.78, 5) is 23.2. The zero-order chi connectivity index (χ0) is 23.8. The minimum Gasteiger partial charge on any atom is -0.465 e. The fraction of sp³-hybridized carbons (Fsp3) is 0.238. The molecule has 0 aliphatic rings. The molecule has 12 heteroatoms. The number of amides is 1. The molecule has 3 rings (SSSR count). The van der Waals surface area contributed by atoms with Gasteiger partial charge in [-0.1, -0.05) is 29.5 Å². The summed E-state index contributed by atoms with van der Waals surface area (Å²) < 4.78 is 37.8. The van der Waals surface area contributed by atoms with Crippen LogP contribution in [0.25, 0.3) is 11.5 Å². The predicted molar refractivity (Wildman–Crippen MR) is 122 cm³/mol. The molecule has 2 N–H and O–H groups in total. The zero-order valence-corrected chi connectivity index (χ0v) is 19.5. The van der Waals surface area contributed by atoms with Crippen LogP contribution in [-0.4, -0.2) is 49.4 Å². The molecule has 0 aliphatic heterocycles. The van der Waals surface area contributed by atoms with Crippen LogP contribution in [0.3, 0.4) is 0 Å². The molecule has 0 radical (unpaired) electrons. The second-order valence-corrected chi connectivity index (χ2v) is 9.35. The number of ether oxygens (including phenoxy) is 1. The molecule has 1 amide bonds. The van der Waals surface area contributed by atoms with Gasteiger partial charge in [0.25, 0.3) is 15.2 Å². The lowest BCUT2D eigenvalue weighted by Crippen LogP contribution is -2.31. The van der Waals surface area contributed by atoms with Crippen molar-refractivity contribution in [2.45, 2.75) is 24.0 Å². The summed E-state index contributed by atoms with van der Waals surface area (Å²) in [7, 11) is -3.70. The van der Waals surface area contributed by atoms with Gasteiger partial charge in [0, 0.05) is 11.3 Å². The fourth-order valence-electron chi connectivity index (χ4n) is 2.56. The first-order valence-electron chi connectivity index (χ1n) is 9.85. The molecule has 174 valence electrons. The number of hydrogen-bond donors (Lipinski definition) is 2. The Morgan fingerprint density at radius 3 is 2.42 bits per heavy atom. The van der Waals surface area contributed by atoms with E-state index in [0.717, 1.165) is 17.3 Å². The van der Waals surface area contributed by atoms with Gasteiger partial charge in [-0.2, -0.15) is 0 Å². The Hall–Kier alpha value is -3.38. The quantitative estimate of drug-likeness (QED) is 0.324. The summed E-state index contributed by atoms with van der Waals surface area (Å²) in [5.41, 5.74) is 1.93. The first kappa shape index (κ1) is 24.3. The van der Waals surface area contributed by atoms with E-state index in [9.17, 15) is 18.0 Å². The largest absolute Gasteiger partial charge is 0.465 e. The fourth-order valence-corrected chi connectivity index (χ4v) is 4.21. The van der Waals surface area contributed by atoms with Gasteiger partial charge in [0.2, 0.25) is 11.8 Å². The lowest BCUT2D eigenvalue weighted by molar-refractivity contribution is -0.143. The van der Waals surface area contributed by atoms with Gasteiger partial charge in [-0.05, 0) is 50.2 Å². The Kier molecular flexibility index (Phi) is 8.06. The highest BCUT2D eigenvalue weighted by Gasteiger charge is 2.15. The molecule has 0 saturated heterocycles. The zero-order valence-electron chi connectivity index (χ0n) is 17.9. The van der Waals surface area contributed by atoms with Crippen LogP contribution in [0, 0.1) is 6.92 Å². The highest BCUT2D eigenvalue weighted by atomic mass is 32.2. The van der Waals surface area contributed by atoms with Crippen LogP contribution >= 0.6 is 11.8 Å². The summed E-state index contributed by atoms with van der Waals surface area (Å²) in [6, 6.07) is 13.0. The molecule has 3 aromatic rings. The number of carbonyl (C=O) groups excluding carboxylic acids is 2. The number of thioether (sulfide) groups is 1. The summed E-state index contributed by atoms with van der Waals surface area (Å²) in [6.07, 6.45) is 0. The molecule has 0 fully saturated rings. The first-order valence-corrected chi connectivity index (χ1v) is 12.3. The van der Waals surface area contributed by atoms with Crippen molar-refractivity contribution in [3.05, 3.63) is 54.1 Å². The highest BCUT2D eigenvalue weighted by molar-refractivity contribution is 7.99. The molecule has 10 nitrogen and oxygen atoms in total. The smallest absolute Gasteiger partial charge is 0.325 e. The number of benzene rings is 2. The van der Waals surface area contributed by atoms with E-state index in [1.807, 2.05) is 6.92 Å². The van der Waals surface area contributed by atoms with Crippen molar-refractivity contribution in [2.75, 3.05) is 23.6 Å². The van der Waals surface area contributed by atoms with E-state index in [2.05, 4.69) is 20.2 Å². The number of aryl methyl sites for hydroxylation is 1. The van der Waals surface area contributed by atoms with E-state index in [1.165, 1.54) is 0 Å². The van der Waals surface area contributed by atoms with Crippen molar-refractivity contribution in [3.8, 4) is 11.5 Å². The van der Waals surface area contributed by atoms with Gasteiger partial charge in [0.05, 0.1) is 17.3 Å². The monoisotopic (exact) mass is 490 g/mol. The van der Waals surface area contributed by atoms with Gasteiger partial charge < -0.3 is 14.5 Å². The maximum absolute atomic E-state index is 12.5. The Bertz CT molecular complexity index is 1210. The maximum atomic E-state index is 12.5. The van der Waals surface area contributed by atoms with Crippen LogP contribution in [0.15, 0.2) is 63.1 Å². The average Bonchev–Trinajstić information content (AvgIpc) is 3.26. The van der Waals surface area contributed by atoms with E-state index in [0.29, 0.717) is 11.3 Å². The van der Waals surface area contributed by atoms with Gasteiger partial charge in [0.15, 0.2) is 0 Å². The van der Waals surface area contributed by atoms with E-state index in [1.54, 1.807) is 55.5 Å². The summed E-state index contributed by atoms with van der Waals surface area (Å²) in [6.45, 7) is 3.60. The minimum atomic E-state index is -3.70. The van der Waals surface area contributed by atoms with Crippen molar-refractivity contribution in [1.82, 2.24) is 15.5 Å². The van der Waals surface area contributed by atoms with Gasteiger partial charge in [-0.3, -0.25) is 14.3 Å². The molecule has 33 heavy (non-hydrogen) atoms. The van der Waals surface area contributed by atoms with Crippen molar-refractivity contribution in [2.24, 2.45) is 0 Å². The minimum absolute atomic E-state index is 0.0131. The third-order valence-electron chi connectivity index (χ3n) is 4.18. The van der Waals surface area contributed by atoms with Crippen molar-refractivity contribution in [1.29, 1.82) is 0 Å². The molecular formula is C21H22N4O6S2. The van der Waals surface area contributed by atoms with E-state index < -0.39 is 16.0 Å². The average molecular weight is 491 g/mol. The molecule has 1 heterocycles. The van der Waals surface area contributed by atoms with E-state index >= 15 is 0 Å². The Morgan fingerprint density at radius 1 is 1.06 bits per heavy atom. The van der Waals surface area contributed by atoms with Crippen molar-refractivity contribution in [3.63, 3.8) is 0 Å². The first-order chi connectivity index (χ1) is 15.8. The number of anilines is 1. The summed E-state index contributed by atoms with van der Waals surface area (Å²) >= 11 is 1.02. The number of aromatic nitrogens is 2. The number of rotatable bonds is 10. The van der Waals surface area contributed by atoms with Crippen LogP contribution in [0.2, 0.25) is 0 Å². The molecule has 0 atom stereocenters. The standard InChI is InChI=1S/C21H22N4O6S2/c1-3-30-19(27)12-22-18(26)13-32-21-24-23-20(31-21)15-6-8-16(9-7-15)25-33(28,29)17-10-4-14(2)5-11-17/h4-11,25H,3,12-13H2,1-2H3,(H,22,26). The van der Waals surface area contributed by atoms with Crippen LogP contribution in [0.4, 0.5) is 5.69 Å². The number of carbonyl (C=O) groups is 2. The van der Waals surface area contributed by atoms with Crippen LogP contribution in [-0.2, 0) is 24.3 Å². The molecule has 1 aromatic heterocycles. The number of esters is 1. The molecule has 0 saturated carbocycles. The third-order valence-corrected chi connectivity index (χ3v) is 6.40. The third kappa shape index (κ3) is 7.05. The second kappa shape index (κ2) is 11.0. The summed E-state index contributed by atoms with van der Waals surface area (Å²) in [5, 5.41) is 10.4. The molecule has 0 spiro atoms. The summed E-state index contributed by atoms with van der Waals surface area (Å²) in [5.74, 6) is -0.684. The molecule has 0 unspecified atom stereocenters. The topological polar surface area (TPSA) is 140 Å². The maximum Gasteiger partial charge on any atom is 0.325 e. The normalized spacial score (nSPS) is 11.1. The lowest BCUT2D eigenvalue weighted by atomic mass is 10.2. The SMILES string of the molecule is CCOC(=O)CNC(=O)CSc1nnc(-c2ccc(NS(=O)(=O)c3ccc(C)cc3)cc2)o1. The Morgan fingerprint density at radius 2 is 1.76 bits per heavy atom. The number of hydrogen-bond acceptors (Lipinski definition) is 9. The van der Waals surface area contributed by atoms with Gasteiger partial charge >= 0.3 is 5.97 Å². The molecule has 0 bridgehead atoms. The van der Waals surface area contributed by atoms with Crippen molar-refractivity contribution < 1.29 is 27.2 Å².